The van der Waals surface area contributed by atoms with E-state index in [1.807, 2.05) is 31.2 Å². The average molecular weight is 315 g/mol. The third-order valence-electron chi connectivity index (χ3n) is 3.71. The van der Waals surface area contributed by atoms with Gasteiger partial charge in [0, 0.05) is 12.5 Å². The van der Waals surface area contributed by atoms with E-state index < -0.39 is 11.9 Å². The number of carbonyl (C=O) groups excluding carboxylic acids is 1. The first-order chi connectivity index (χ1) is 11.0. The number of benzene rings is 1. The average Bonchev–Trinajstić information content (AvgIpc) is 2.50. The summed E-state index contributed by atoms with van der Waals surface area (Å²) in [6.07, 6.45) is 4.87. The maximum Gasteiger partial charge on any atom is 0.308 e. The third-order valence-corrected chi connectivity index (χ3v) is 3.71. The number of nitrogens with one attached hydrogen (secondary N) is 1. The first kappa shape index (κ1) is 18.7. The lowest BCUT2D eigenvalue weighted by Crippen LogP contribution is -2.37. The van der Waals surface area contributed by atoms with Crippen LogP contribution < -0.4 is 5.32 Å². The van der Waals surface area contributed by atoms with Crippen LogP contribution in [0.25, 0.3) is 0 Å². The van der Waals surface area contributed by atoms with Crippen LogP contribution in [-0.4, -0.2) is 23.5 Å². The Hall–Kier alpha value is -2.36. The fourth-order valence-corrected chi connectivity index (χ4v) is 2.45. The Labute approximate surface area is 137 Å². The number of carboxylic acids is 1. The molecule has 1 rings (SSSR count). The van der Waals surface area contributed by atoms with Gasteiger partial charge in [0.1, 0.15) is 0 Å². The molecular formula is C19H25NO3. The van der Waals surface area contributed by atoms with Crippen molar-refractivity contribution in [3.05, 3.63) is 60.7 Å². The van der Waals surface area contributed by atoms with Crippen LogP contribution in [0, 0.1) is 18.8 Å². The van der Waals surface area contributed by atoms with Crippen LogP contribution in [0.3, 0.4) is 0 Å². The molecule has 0 aliphatic heterocycles. The van der Waals surface area contributed by atoms with Crippen molar-refractivity contribution in [2.24, 2.45) is 11.8 Å². The molecule has 1 aromatic rings. The molecule has 0 heterocycles. The predicted octanol–water partition coefficient (Wildman–Crippen LogP) is 3.12. The predicted molar refractivity (Wildman–Crippen MR) is 92.1 cm³/mol. The van der Waals surface area contributed by atoms with Crippen LogP contribution >= 0.6 is 0 Å². The van der Waals surface area contributed by atoms with Crippen molar-refractivity contribution >= 4 is 11.9 Å². The zero-order valence-corrected chi connectivity index (χ0v) is 13.6. The SMILES string of the molecule is C=CCC(CC=C)C(=O)NCC(Cc1cccc(C)c1)C(=O)O. The molecule has 0 aliphatic rings. The quantitative estimate of drug-likeness (QED) is 0.652. The number of aryl methyl sites for hydroxylation is 1. The number of hydrogen-bond donors (Lipinski definition) is 2. The molecule has 0 spiro atoms. The summed E-state index contributed by atoms with van der Waals surface area (Å²) in [5, 5.41) is 12.1. The normalized spacial score (nSPS) is 11.7. The minimum Gasteiger partial charge on any atom is -0.481 e. The molecule has 1 atom stereocenters. The van der Waals surface area contributed by atoms with Gasteiger partial charge in [0.15, 0.2) is 0 Å². The summed E-state index contributed by atoms with van der Waals surface area (Å²) in [6.45, 7) is 9.37. The van der Waals surface area contributed by atoms with Crippen molar-refractivity contribution in [3.8, 4) is 0 Å². The van der Waals surface area contributed by atoms with Gasteiger partial charge in [-0.2, -0.15) is 0 Å². The number of carboxylic acid groups (broad SMARTS) is 1. The van der Waals surface area contributed by atoms with Crippen molar-refractivity contribution in [2.75, 3.05) is 6.54 Å². The molecule has 0 radical (unpaired) electrons. The van der Waals surface area contributed by atoms with Crippen LogP contribution in [-0.2, 0) is 16.0 Å². The molecule has 4 nitrogen and oxygen atoms in total. The lowest BCUT2D eigenvalue weighted by molar-refractivity contribution is -0.141. The number of aliphatic carboxylic acids is 1. The summed E-state index contributed by atoms with van der Waals surface area (Å²) in [7, 11) is 0. The van der Waals surface area contributed by atoms with Gasteiger partial charge in [0.25, 0.3) is 0 Å². The van der Waals surface area contributed by atoms with Gasteiger partial charge in [-0.05, 0) is 31.7 Å². The smallest absolute Gasteiger partial charge is 0.308 e. The number of rotatable bonds is 10. The molecule has 2 N–H and O–H groups in total. The van der Waals surface area contributed by atoms with Crippen LogP contribution in [0.4, 0.5) is 0 Å². The Kier molecular flexibility index (Phi) is 7.81. The minimum absolute atomic E-state index is 0.118. The summed E-state index contributed by atoms with van der Waals surface area (Å²) in [4.78, 5) is 23.6. The van der Waals surface area contributed by atoms with E-state index in [4.69, 9.17) is 0 Å². The molecule has 1 amide bonds. The molecule has 23 heavy (non-hydrogen) atoms. The molecule has 1 unspecified atom stereocenters. The van der Waals surface area contributed by atoms with Crippen LogP contribution in [0.5, 0.6) is 0 Å². The molecule has 0 bridgehead atoms. The molecule has 0 aliphatic carbocycles. The number of hydrogen-bond acceptors (Lipinski definition) is 2. The molecule has 124 valence electrons. The summed E-state index contributed by atoms with van der Waals surface area (Å²) < 4.78 is 0. The highest BCUT2D eigenvalue weighted by Gasteiger charge is 2.21. The lowest BCUT2D eigenvalue weighted by atomic mass is 9.97. The van der Waals surface area contributed by atoms with E-state index in [1.54, 1.807) is 12.2 Å². The Morgan fingerprint density at radius 2 is 1.87 bits per heavy atom. The zero-order valence-electron chi connectivity index (χ0n) is 13.6. The molecule has 4 heteroatoms. The van der Waals surface area contributed by atoms with Crippen LogP contribution in [0.2, 0.25) is 0 Å². The monoisotopic (exact) mass is 315 g/mol. The maximum atomic E-state index is 12.2. The van der Waals surface area contributed by atoms with Crippen LogP contribution in [0.1, 0.15) is 24.0 Å². The van der Waals surface area contributed by atoms with Gasteiger partial charge < -0.3 is 10.4 Å². The number of carbonyl (C=O) groups is 2. The molecule has 0 saturated carbocycles. The molecular weight excluding hydrogens is 290 g/mol. The second-order valence-corrected chi connectivity index (χ2v) is 5.72. The van der Waals surface area contributed by atoms with Crippen molar-refractivity contribution in [1.29, 1.82) is 0 Å². The fraction of sp³-hybridized carbons (Fsp3) is 0.368. The van der Waals surface area contributed by atoms with E-state index in [-0.39, 0.29) is 18.4 Å². The summed E-state index contributed by atoms with van der Waals surface area (Å²) in [5.41, 5.74) is 2.05. The summed E-state index contributed by atoms with van der Waals surface area (Å²) in [6, 6.07) is 7.75. The van der Waals surface area contributed by atoms with Gasteiger partial charge in [0.2, 0.25) is 5.91 Å². The third kappa shape index (κ3) is 6.51. The lowest BCUT2D eigenvalue weighted by Gasteiger charge is -2.17. The van der Waals surface area contributed by atoms with Gasteiger partial charge in [-0.3, -0.25) is 9.59 Å². The largest absolute Gasteiger partial charge is 0.481 e. The van der Waals surface area contributed by atoms with Gasteiger partial charge in [-0.15, -0.1) is 13.2 Å². The molecule has 0 saturated heterocycles. The Morgan fingerprint density at radius 3 is 2.39 bits per heavy atom. The van der Waals surface area contributed by atoms with E-state index in [1.165, 1.54) is 0 Å². The number of allylic oxidation sites excluding steroid dienone is 2. The highest BCUT2D eigenvalue weighted by Crippen LogP contribution is 2.13. The molecule has 0 fully saturated rings. The van der Waals surface area contributed by atoms with E-state index in [0.29, 0.717) is 19.3 Å². The first-order valence-corrected chi connectivity index (χ1v) is 7.75. The standard InChI is InChI=1S/C19H25NO3/c1-4-7-16(8-5-2)18(21)20-13-17(19(22)23)12-15-10-6-9-14(3)11-15/h4-6,9-11,16-17H,1-2,7-8,12-13H2,3H3,(H,20,21)(H,22,23). The molecule has 1 aromatic carbocycles. The van der Waals surface area contributed by atoms with Crippen molar-refractivity contribution in [2.45, 2.75) is 26.2 Å². The fourth-order valence-electron chi connectivity index (χ4n) is 2.45. The zero-order chi connectivity index (χ0) is 17.2. The van der Waals surface area contributed by atoms with E-state index in [9.17, 15) is 14.7 Å². The van der Waals surface area contributed by atoms with Crippen LogP contribution in [0.15, 0.2) is 49.6 Å². The summed E-state index contributed by atoms with van der Waals surface area (Å²) >= 11 is 0. The highest BCUT2D eigenvalue weighted by molar-refractivity contribution is 5.80. The summed E-state index contributed by atoms with van der Waals surface area (Å²) in [5.74, 6) is -1.94. The Bertz CT molecular complexity index is 555. The Morgan fingerprint density at radius 1 is 1.22 bits per heavy atom. The van der Waals surface area contributed by atoms with Gasteiger partial charge >= 0.3 is 5.97 Å². The van der Waals surface area contributed by atoms with E-state index >= 15 is 0 Å². The van der Waals surface area contributed by atoms with Crippen molar-refractivity contribution in [1.82, 2.24) is 5.32 Å². The maximum absolute atomic E-state index is 12.2. The van der Waals surface area contributed by atoms with Gasteiger partial charge in [-0.25, -0.2) is 0 Å². The number of amides is 1. The minimum atomic E-state index is -0.907. The molecule has 0 aromatic heterocycles. The van der Waals surface area contributed by atoms with E-state index in [2.05, 4.69) is 18.5 Å². The second kappa shape index (κ2) is 9.62. The second-order valence-electron chi connectivity index (χ2n) is 5.72. The first-order valence-electron chi connectivity index (χ1n) is 7.75. The van der Waals surface area contributed by atoms with Crippen molar-refractivity contribution in [3.63, 3.8) is 0 Å². The van der Waals surface area contributed by atoms with E-state index in [0.717, 1.165) is 11.1 Å². The van der Waals surface area contributed by atoms with Gasteiger partial charge in [-0.1, -0.05) is 42.0 Å². The van der Waals surface area contributed by atoms with Gasteiger partial charge in [0.05, 0.1) is 5.92 Å². The topological polar surface area (TPSA) is 66.4 Å². The highest BCUT2D eigenvalue weighted by atomic mass is 16.4. The van der Waals surface area contributed by atoms with Crippen molar-refractivity contribution < 1.29 is 14.7 Å². The Balaban J connectivity index is 2.65.